The van der Waals surface area contributed by atoms with E-state index < -0.39 is 0 Å². The number of halogens is 2. The van der Waals surface area contributed by atoms with Crippen LogP contribution in [0.1, 0.15) is 0 Å². The van der Waals surface area contributed by atoms with Crippen LogP contribution in [0.2, 0.25) is 0 Å². The zero-order valence-electron chi connectivity index (χ0n) is 9.15. The predicted octanol–water partition coefficient (Wildman–Crippen LogP) is 3.98. The molecule has 0 amide bonds. The maximum absolute atomic E-state index is 13.3. The highest BCUT2D eigenvalue weighted by Gasteiger charge is 2.11. The van der Waals surface area contributed by atoms with E-state index in [4.69, 9.17) is 10.2 Å². The Balaban J connectivity index is 2.22. The van der Waals surface area contributed by atoms with Crippen molar-refractivity contribution in [2.75, 3.05) is 5.73 Å². The number of nitrogens with two attached hydrogens (primary N) is 1. The summed E-state index contributed by atoms with van der Waals surface area (Å²) in [6.45, 7) is 0. The second-order valence-electron chi connectivity index (χ2n) is 3.87. The summed E-state index contributed by atoms with van der Waals surface area (Å²) in [6.07, 6.45) is 0. The van der Waals surface area contributed by atoms with Crippen molar-refractivity contribution in [1.29, 1.82) is 0 Å². The number of hydrogen-bond acceptors (Lipinski definition) is 3. The monoisotopic (exact) mass is 306 g/mol. The quantitative estimate of drug-likeness (QED) is 0.692. The van der Waals surface area contributed by atoms with E-state index in [-0.39, 0.29) is 5.82 Å². The van der Waals surface area contributed by atoms with E-state index in [2.05, 4.69) is 20.9 Å². The van der Waals surface area contributed by atoms with Crippen molar-refractivity contribution in [3.63, 3.8) is 0 Å². The second kappa shape index (κ2) is 4.10. The van der Waals surface area contributed by atoms with Gasteiger partial charge in [0.15, 0.2) is 5.58 Å². The van der Waals surface area contributed by atoms with Crippen LogP contribution in [0.25, 0.3) is 22.6 Å². The lowest BCUT2D eigenvalue weighted by Gasteiger charge is -1.97. The van der Waals surface area contributed by atoms with Gasteiger partial charge in [-0.3, -0.25) is 0 Å². The standard InChI is InChI=1S/C13H8BrFN2O/c14-8-4-7(5-9(15)6-8)13-17-12-10(16)2-1-3-11(12)18-13/h1-6H,16H2. The lowest BCUT2D eigenvalue weighted by molar-refractivity contribution is 0.610. The Morgan fingerprint density at radius 3 is 2.78 bits per heavy atom. The summed E-state index contributed by atoms with van der Waals surface area (Å²) in [6, 6.07) is 9.79. The third-order valence-electron chi connectivity index (χ3n) is 2.56. The molecule has 0 atom stereocenters. The molecule has 90 valence electrons. The van der Waals surface area contributed by atoms with Gasteiger partial charge in [-0.1, -0.05) is 22.0 Å². The van der Waals surface area contributed by atoms with E-state index >= 15 is 0 Å². The number of nitrogens with zero attached hydrogens (tertiary/aromatic N) is 1. The summed E-state index contributed by atoms with van der Waals surface area (Å²) < 4.78 is 19.5. The molecule has 2 aromatic carbocycles. The predicted molar refractivity (Wildman–Crippen MR) is 71.5 cm³/mol. The first-order chi connectivity index (χ1) is 8.63. The molecule has 0 fully saturated rings. The van der Waals surface area contributed by atoms with Crippen molar-refractivity contribution in [3.05, 3.63) is 46.7 Å². The number of hydrogen-bond donors (Lipinski definition) is 1. The van der Waals surface area contributed by atoms with Crippen molar-refractivity contribution in [3.8, 4) is 11.5 Å². The molecule has 2 N–H and O–H groups in total. The second-order valence-corrected chi connectivity index (χ2v) is 4.79. The van der Waals surface area contributed by atoms with E-state index in [0.717, 1.165) is 0 Å². The van der Waals surface area contributed by atoms with E-state index in [0.29, 0.717) is 32.7 Å². The lowest BCUT2D eigenvalue weighted by atomic mass is 10.2. The van der Waals surface area contributed by atoms with Crippen LogP contribution in [-0.4, -0.2) is 4.98 Å². The number of aromatic nitrogens is 1. The molecule has 3 rings (SSSR count). The fraction of sp³-hybridized carbons (Fsp3) is 0. The molecule has 0 radical (unpaired) electrons. The minimum absolute atomic E-state index is 0.350. The van der Waals surface area contributed by atoms with Gasteiger partial charge in [0.1, 0.15) is 11.3 Å². The summed E-state index contributed by atoms with van der Waals surface area (Å²) in [7, 11) is 0. The van der Waals surface area contributed by atoms with Crippen LogP contribution < -0.4 is 5.73 Å². The average molecular weight is 307 g/mol. The topological polar surface area (TPSA) is 52.0 Å². The molecule has 1 aromatic heterocycles. The number of para-hydroxylation sites is 1. The van der Waals surface area contributed by atoms with E-state index in [1.54, 1.807) is 24.3 Å². The van der Waals surface area contributed by atoms with Gasteiger partial charge in [-0.15, -0.1) is 0 Å². The van der Waals surface area contributed by atoms with Crippen molar-refractivity contribution in [1.82, 2.24) is 4.98 Å². The molecular formula is C13H8BrFN2O. The van der Waals surface area contributed by atoms with Gasteiger partial charge in [-0.05, 0) is 30.3 Å². The molecule has 0 spiro atoms. The molecule has 3 aromatic rings. The average Bonchev–Trinajstić information content (AvgIpc) is 2.73. The first-order valence-electron chi connectivity index (χ1n) is 5.25. The van der Waals surface area contributed by atoms with E-state index in [1.807, 2.05) is 0 Å². The Bertz CT molecular complexity index is 719. The summed E-state index contributed by atoms with van der Waals surface area (Å²) in [5.41, 5.74) is 8.09. The van der Waals surface area contributed by atoms with Crippen molar-refractivity contribution in [2.45, 2.75) is 0 Å². The van der Waals surface area contributed by atoms with Gasteiger partial charge in [-0.25, -0.2) is 9.37 Å². The van der Waals surface area contributed by atoms with Gasteiger partial charge in [0.25, 0.3) is 0 Å². The Hall–Kier alpha value is -1.88. The Kier molecular flexibility index (Phi) is 2.56. The molecule has 0 aliphatic rings. The molecule has 3 nitrogen and oxygen atoms in total. The van der Waals surface area contributed by atoms with E-state index in [1.165, 1.54) is 12.1 Å². The van der Waals surface area contributed by atoms with E-state index in [9.17, 15) is 4.39 Å². The number of oxazole rings is 1. The fourth-order valence-electron chi connectivity index (χ4n) is 1.77. The first kappa shape index (κ1) is 11.2. The van der Waals surface area contributed by atoms with Gasteiger partial charge in [-0.2, -0.15) is 0 Å². The minimum Gasteiger partial charge on any atom is -0.436 e. The molecule has 18 heavy (non-hydrogen) atoms. The molecule has 0 aliphatic carbocycles. The fourth-order valence-corrected chi connectivity index (χ4v) is 2.24. The van der Waals surface area contributed by atoms with Crippen LogP contribution >= 0.6 is 15.9 Å². The Morgan fingerprint density at radius 1 is 1.22 bits per heavy atom. The number of fused-ring (bicyclic) bond motifs is 1. The summed E-state index contributed by atoms with van der Waals surface area (Å²) in [5.74, 6) is -0.00213. The largest absolute Gasteiger partial charge is 0.436 e. The van der Waals surface area contributed by atoms with Gasteiger partial charge in [0, 0.05) is 10.0 Å². The van der Waals surface area contributed by atoms with Crippen LogP contribution in [0.3, 0.4) is 0 Å². The minimum atomic E-state index is -0.352. The maximum atomic E-state index is 13.3. The smallest absolute Gasteiger partial charge is 0.227 e. The summed E-state index contributed by atoms with van der Waals surface area (Å²) >= 11 is 3.23. The number of benzene rings is 2. The van der Waals surface area contributed by atoms with Crippen LogP contribution in [0.5, 0.6) is 0 Å². The Labute approximate surface area is 111 Å². The van der Waals surface area contributed by atoms with Crippen LogP contribution in [0.4, 0.5) is 10.1 Å². The SMILES string of the molecule is Nc1cccc2oc(-c3cc(F)cc(Br)c3)nc12. The van der Waals surface area contributed by atoms with Crippen LogP contribution in [0.15, 0.2) is 45.3 Å². The molecule has 0 saturated heterocycles. The first-order valence-corrected chi connectivity index (χ1v) is 6.04. The number of nitrogen functional groups attached to an aromatic ring is 1. The lowest BCUT2D eigenvalue weighted by Crippen LogP contribution is -1.85. The zero-order valence-corrected chi connectivity index (χ0v) is 10.7. The molecule has 1 heterocycles. The highest BCUT2D eigenvalue weighted by atomic mass is 79.9. The highest BCUT2D eigenvalue weighted by molar-refractivity contribution is 9.10. The van der Waals surface area contributed by atoms with Crippen LogP contribution in [0, 0.1) is 5.82 Å². The van der Waals surface area contributed by atoms with Gasteiger partial charge < -0.3 is 10.2 Å². The normalized spacial score (nSPS) is 11.0. The van der Waals surface area contributed by atoms with Crippen molar-refractivity contribution >= 4 is 32.7 Å². The summed E-state index contributed by atoms with van der Waals surface area (Å²) in [4.78, 5) is 4.29. The Morgan fingerprint density at radius 2 is 2.06 bits per heavy atom. The number of rotatable bonds is 1. The molecule has 0 saturated carbocycles. The van der Waals surface area contributed by atoms with Gasteiger partial charge in [0.2, 0.25) is 5.89 Å². The summed E-state index contributed by atoms with van der Waals surface area (Å²) in [5, 5.41) is 0. The van der Waals surface area contributed by atoms with Crippen molar-refractivity contribution < 1.29 is 8.81 Å². The number of anilines is 1. The van der Waals surface area contributed by atoms with Crippen LogP contribution in [-0.2, 0) is 0 Å². The zero-order chi connectivity index (χ0) is 12.7. The third kappa shape index (κ3) is 1.86. The van der Waals surface area contributed by atoms with Crippen molar-refractivity contribution in [2.24, 2.45) is 0 Å². The van der Waals surface area contributed by atoms with Gasteiger partial charge >= 0.3 is 0 Å². The van der Waals surface area contributed by atoms with Gasteiger partial charge in [0.05, 0.1) is 5.69 Å². The molecule has 0 bridgehead atoms. The molecule has 0 unspecified atom stereocenters. The molecular weight excluding hydrogens is 299 g/mol. The highest BCUT2D eigenvalue weighted by Crippen LogP contribution is 2.29. The third-order valence-corrected chi connectivity index (χ3v) is 3.02. The maximum Gasteiger partial charge on any atom is 0.227 e. The molecule has 5 heteroatoms. The molecule has 0 aliphatic heterocycles.